The predicted octanol–water partition coefficient (Wildman–Crippen LogP) is 3.41. The van der Waals surface area contributed by atoms with E-state index in [4.69, 9.17) is 4.98 Å². The summed E-state index contributed by atoms with van der Waals surface area (Å²) in [6.07, 6.45) is 8.97. The van der Waals surface area contributed by atoms with Crippen LogP contribution in [0.15, 0.2) is 0 Å². The second kappa shape index (κ2) is 7.09. The molecule has 0 saturated heterocycles. The van der Waals surface area contributed by atoms with Gasteiger partial charge < -0.3 is 9.88 Å². The van der Waals surface area contributed by atoms with Gasteiger partial charge in [0.25, 0.3) is 0 Å². The van der Waals surface area contributed by atoms with Crippen LogP contribution in [0.3, 0.4) is 0 Å². The summed E-state index contributed by atoms with van der Waals surface area (Å²) in [5.41, 5.74) is 2.87. The smallest absolute Gasteiger partial charge is 0.106 e. The van der Waals surface area contributed by atoms with Crippen molar-refractivity contribution in [3.8, 4) is 0 Å². The number of fused-ring (bicyclic) bond motifs is 1. The SMILES string of the molecule is CCCCCNCC(C)n1c(C)nc2c1CCCC2. The lowest BCUT2D eigenvalue weighted by Crippen LogP contribution is -2.26. The molecular weight excluding hydrogens is 234 g/mol. The lowest BCUT2D eigenvalue weighted by Gasteiger charge is -2.21. The molecule has 1 aliphatic carbocycles. The Labute approximate surface area is 117 Å². The highest BCUT2D eigenvalue weighted by atomic mass is 15.1. The van der Waals surface area contributed by atoms with Crippen LogP contribution in [-0.2, 0) is 12.8 Å². The lowest BCUT2D eigenvalue weighted by atomic mass is 10.0. The van der Waals surface area contributed by atoms with Crippen LogP contribution >= 0.6 is 0 Å². The van der Waals surface area contributed by atoms with Crippen molar-refractivity contribution in [1.29, 1.82) is 0 Å². The zero-order chi connectivity index (χ0) is 13.7. The fraction of sp³-hybridized carbons (Fsp3) is 0.812. The molecule has 0 amide bonds. The van der Waals surface area contributed by atoms with Crippen LogP contribution in [0.5, 0.6) is 0 Å². The zero-order valence-electron chi connectivity index (χ0n) is 12.8. The van der Waals surface area contributed by atoms with E-state index in [0.29, 0.717) is 6.04 Å². The first-order valence-corrected chi connectivity index (χ1v) is 8.01. The molecule has 0 bridgehead atoms. The molecule has 0 radical (unpaired) electrons. The molecule has 1 unspecified atom stereocenters. The Morgan fingerprint density at radius 2 is 2.05 bits per heavy atom. The van der Waals surface area contributed by atoms with E-state index in [1.807, 2.05) is 0 Å². The number of nitrogens with one attached hydrogen (secondary N) is 1. The molecule has 3 nitrogen and oxygen atoms in total. The molecule has 3 heteroatoms. The van der Waals surface area contributed by atoms with Crippen LogP contribution < -0.4 is 5.32 Å². The summed E-state index contributed by atoms with van der Waals surface area (Å²) in [7, 11) is 0. The van der Waals surface area contributed by atoms with Crippen molar-refractivity contribution < 1.29 is 0 Å². The highest BCUT2D eigenvalue weighted by molar-refractivity contribution is 5.20. The minimum Gasteiger partial charge on any atom is -0.328 e. The summed E-state index contributed by atoms with van der Waals surface area (Å²) in [5.74, 6) is 1.20. The van der Waals surface area contributed by atoms with Crippen molar-refractivity contribution >= 4 is 0 Å². The van der Waals surface area contributed by atoms with E-state index in [0.717, 1.165) is 13.1 Å². The van der Waals surface area contributed by atoms with E-state index in [9.17, 15) is 0 Å². The van der Waals surface area contributed by atoms with E-state index < -0.39 is 0 Å². The Morgan fingerprint density at radius 1 is 1.26 bits per heavy atom. The summed E-state index contributed by atoms with van der Waals surface area (Å²) in [6.45, 7) is 8.94. The van der Waals surface area contributed by atoms with Gasteiger partial charge in [0.2, 0.25) is 0 Å². The molecule has 0 spiro atoms. The summed E-state index contributed by atoms with van der Waals surface area (Å²) in [5, 5.41) is 3.59. The molecule has 1 N–H and O–H groups in total. The van der Waals surface area contributed by atoms with Gasteiger partial charge in [0, 0.05) is 18.3 Å². The van der Waals surface area contributed by atoms with Gasteiger partial charge >= 0.3 is 0 Å². The molecule has 1 aromatic rings. The van der Waals surface area contributed by atoms with Gasteiger partial charge in [0.15, 0.2) is 0 Å². The van der Waals surface area contributed by atoms with Crippen LogP contribution in [-0.4, -0.2) is 22.6 Å². The van der Waals surface area contributed by atoms with Gasteiger partial charge in [-0.3, -0.25) is 0 Å². The lowest BCUT2D eigenvalue weighted by molar-refractivity contribution is 0.460. The van der Waals surface area contributed by atoms with Gasteiger partial charge in [-0.15, -0.1) is 0 Å². The zero-order valence-corrected chi connectivity index (χ0v) is 12.8. The summed E-state index contributed by atoms with van der Waals surface area (Å²) < 4.78 is 2.47. The fourth-order valence-corrected chi connectivity index (χ4v) is 3.19. The third-order valence-corrected chi connectivity index (χ3v) is 4.18. The van der Waals surface area contributed by atoms with Gasteiger partial charge in [-0.05, 0) is 52.5 Å². The number of hydrogen-bond donors (Lipinski definition) is 1. The minimum absolute atomic E-state index is 0.524. The summed E-state index contributed by atoms with van der Waals surface area (Å²) in [4.78, 5) is 4.77. The second-order valence-corrected chi connectivity index (χ2v) is 5.89. The molecule has 1 heterocycles. The first-order valence-electron chi connectivity index (χ1n) is 8.01. The van der Waals surface area contributed by atoms with E-state index in [-0.39, 0.29) is 0 Å². The molecule has 1 atom stereocenters. The molecule has 0 aliphatic heterocycles. The van der Waals surface area contributed by atoms with Crippen LogP contribution in [0.4, 0.5) is 0 Å². The predicted molar refractivity (Wildman–Crippen MR) is 80.7 cm³/mol. The molecule has 0 fully saturated rings. The molecule has 0 saturated carbocycles. The summed E-state index contributed by atoms with van der Waals surface area (Å²) >= 11 is 0. The average Bonchev–Trinajstić information content (AvgIpc) is 2.74. The Bertz CT molecular complexity index is 395. The molecule has 1 aromatic heterocycles. The van der Waals surface area contributed by atoms with Gasteiger partial charge in [0.05, 0.1) is 5.69 Å². The summed E-state index contributed by atoms with van der Waals surface area (Å²) in [6, 6.07) is 0.524. The van der Waals surface area contributed by atoms with Crippen molar-refractivity contribution in [2.24, 2.45) is 0 Å². The minimum atomic E-state index is 0.524. The average molecular weight is 263 g/mol. The molecule has 108 valence electrons. The first-order chi connectivity index (χ1) is 9.24. The van der Waals surface area contributed by atoms with Crippen molar-refractivity contribution in [1.82, 2.24) is 14.9 Å². The van der Waals surface area contributed by atoms with Gasteiger partial charge in [-0.25, -0.2) is 4.98 Å². The number of nitrogens with zero attached hydrogens (tertiary/aromatic N) is 2. The number of imidazole rings is 1. The molecule has 2 rings (SSSR count). The van der Waals surface area contributed by atoms with Gasteiger partial charge in [-0.1, -0.05) is 19.8 Å². The molecule has 1 aliphatic rings. The first kappa shape index (κ1) is 14.6. The van der Waals surface area contributed by atoms with E-state index in [1.54, 1.807) is 0 Å². The van der Waals surface area contributed by atoms with Crippen molar-refractivity contribution in [3.05, 3.63) is 17.2 Å². The normalized spacial score (nSPS) is 16.4. The quantitative estimate of drug-likeness (QED) is 0.764. The number of unbranched alkanes of at least 4 members (excludes halogenated alkanes) is 2. The van der Waals surface area contributed by atoms with Crippen molar-refractivity contribution in [2.45, 2.75) is 71.8 Å². The van der Waals surface area contributed by atoms with E-state index in [1.165, 1.54) is 62.2 Å². The van der Waals surface area contributed by atoms with Gasteiger partial charge in [-0.2, -0.15) is 0 Å². The highest BCUT2D eigenvalue weighted by Crippen LogP contribution is 2.25. The molecular formula is C16H29N3. The van der Waals surface area contributed by atoms with E-state index in [2.05, 4.69) is 30.7 Å². The maximum absolute atomic E-state index is 4.77. The second-order valence-electron chi connectivity index (χ2n) is 5.89. The standard InChI is InChI=1S/C16H29N3/c1-4-5-8-11-17-12-13(2)19-14(3)18-15-9-6-7-10-16(15)19/h13,17H,4-12H2,1-3H3. The molecule has 19 heavy (non-hydrogen) atoms. The third kappa shape index (κ3) is 3.59. The Hall–Kier alpha value is -0.830. The van der Waals surface area contributed by atoms with Crippen LogP contribution in [0, 0.1) is 6.92 Å². The maximum atomic E-state index is 4.77. The van der Waals surface area contributed by atoms with Crippen molar-refractivity contribution in [2.75, 3.05) is 13.1 Å². The van der Waals surface area contributed by atoms with Gasteiger partial charge in [0.1, 0.15) is 5.82 Å². The Balaban J connectivity index is 1.91. The topological polar surface area (TPSA) is 29.9 Å². The number of aryl methyl sites for hydroxylation is 2. The maximum Gasteiger partial charge on any atom is 0.106 e. The highest BCUT2D eigenvalue weighted by Gasteiger charge is 2.20. The monoisotopic (exact) mass is 263 g/mol. The third-order valence-electron chi connectivity index (χ3n) is 4.18. The number of rotatable bonds is 7. The van der Waals surface area contributed by atoms with E-state index >= 15 is 0 Å². The van der Waals surface area contributed by atoms with Crippen LogP contribution in [0.1, 0.15) is 69.2 Å². The van der Waals surface area contributed by atoms with Crippen molar-refractivity contribution in [3.63, 3.8) is 0 Å². The Morgan fingerprint density at radius 3 is 2.84 bits per heavy atom. The van der Waals surface area contributed by atoms with Crippen LogP contribution in [0.2, 0.25) is 0 Å². The van der Waals surface area contributed by atoms with Crippen LogP contribution in [0.25, 0.3) is 0 Å². The molecule has 0 aromatic carbocycles. The number of hydrogen-bond acceptors (Lipinski definition) is 2. The fourth-order valence-electron chi connectivity index (χ4n) is 3.19. The number of aromatic nitrogens is 2. The Kier molecular flexibility index (Phi) is 5.44. The largest absolute Gasteiger partial charge is 0.328 e.